The van der Waals surface area contributed by atoms with Crippen molar-refractivity contribution in [2.24, 2.45) is 0 Å². The first-order chi connectivity index (χ1) is 12.2. The lowest BCUT2D eigenvalue weighted by Gasteiger charge is -2.31. The van der Waals surface area contributed by atoms with Gasteiger partial charge in [0.1, 0.15) is 11.6 Å². The third-order valence-electron chi connectivity index (χ3n) is 5.48. The molecule has 2 heterocycles. The van der Waals surface area contributed by atoms with Crippen molar-refractivity contribution in [1.29, 1.82) is 0 Å². The summed E-state index contributed by atoms with van der Waals surface area (Å²) in [5, 5.41) is 4.26. The molecule has 0 bridgehead atoms. The zero-order chi connectivity index (χ0) is 17.2. The monoisotopic (exact) mass is 342 g/mol. The summed E-state index contributed by atoms with van der Waals surface area (Å²) in [7, 11) is 0. The fourth-order valence-electron chi connectivity index (χ4n) is 4.02. The second-order valence-electron chi connectivity index (χ2n) is 7.14. The van der Waals surface area contributed by atoms with Crippen LogP contribution < -0.4 is 0 Å². The number of fused-ring (bicyclic) bond motifs is 1. The largest absolute Gasteiger partial charge is 0.361 e. The standard InChI is InChI=1S/C20H23FN2O2/c21-16-7-5-14(6-8-16)13-19(24)23-11-9-15(10-12-23)20-17-3-1-2-4-18(17)22-25-20/h5-8,15H,1-4,9-13H2. The van der Waals surface area contributed by atoms with Crippen molar-refractivity contribution >= 4 is 5.91 Å². The maximum Gasteiger partial charge on any atom is 0.226 e. The van der Waals surface area contributed by atoms with Crippen LogP contribution in [0.3, 0.4) is 0 Å². The van der Waals surface area contributed by atoms with Gasteiger partial charge in [-0.3, -0.25) is 4.79 Å². The number of benzene rings is 1. The van der Waals surface area contributed by atoms with Gasteiger partial charge >= 0.3 is 0 Å². The molecule has 1 amide bonds. The Morgan fingerprint density at radius 1 is 1.16 bits per heavy atom. The van der Waals surface area contributed by atoms with E-state index in [0.717, 1.165) is 55.8 Å². The van der Waals surface area contributed by atoms with Crippen molar-refractivity contribution in [1.82, 2.24) is 10.1 Å². The van der Waals surface area contributed by atoms with Gasteiger partial charge in [0.15, 0.2) is 0 Å². The molecule has 1 aliphatic carbocycles. The quantitative estimate of drug-likeness (QED) is 0.855. The van der Waals surface area contributed by atoms with Gasteiger partial charge in [-0.05, 0) is 56.2 Å². The average molecular weight is 342 g/mol. The average Bonchev–Trinajstić information content (AvgIpc) is 3.08. The van der Waals surface area contributed by atoms with Crippen LogP contribution >= 0.6 is 0 Å². The predicted octanol–water partition coefficient (Wildman–Crippen LogP) is 3.64. The Hall–Kier alpha value is -2.17. The second kappa shape index (κ2) is 6.98. The van der Waals surface area contributed by atoms with E-state index >= 15 is 0 Å². The Morgan fingerprint density at radius 2 is 1.88 bits per heavy atom. The molecule has 1 aliphatic heterocycles. The summed E-state index contributed by atoms with van der Waals surface area (Å²) in [6.07, 6.45) is 6.73. The van der Waals surface area contributed by atoms with Gasteiger partial charge in [-0.2, -0.15) is 0 Å². The topological polar surface area (TPSA) is 46.3 Å². The first-order valence-corrected chi connectivity index (χ1v) is 9.20. The number of likely N-dealkylation sites (tertiary alicyclic amines) is 1. The van der Waals surface area contributed by atoms with E-state index in [1.54, 1.807) is 12.1 Å². The number of nitrogens with zero attached hydrogens (tertiary/aromatic N) is 2. The Balaban J connectivity index is 1.35. The van der Waals surface area contributed by atoms with Crippen LogP contribution in [0.1, 0.15) is 54.2 Å². The smallest absolute Gasteiger partial charge is 0.226 e. The van der Waals surface area contributed by atoms with Crippen molar-refractivity contribution in [2.45, 2.75) is 50.9 Å². The maximum atomic E-state index is 13.0. The van der Waals surface area contributed by atoms with Crippen LogP contribution in [0.5, 0.6) is 0 Å². The zero-order valence-corrected chi connectivity index (χ0v) is 14.3. The highest BCUT2D eigenvalue weighted by molar-refractivity contribution is 5.78. The molecule has 0 spiro atoms. The Kier molecular flexibility index (Phi) is 4.55. The van der Waals surface area contributed by atoms with E-state index in [2.05, 4.69) is 5.16 Å². The number of carbonyl (C=O) groups is 1. The molecule has 4 rings (SSSR count). The van der Waals surface area contributed by atoms with Crippen molar-refractivity contribution < 1.29 is 13.7 Å². The predicted molar refractivity (Wildman–Crippen MR) is 91.8 cm³/mol. The number of aromatic nitrogens is 1. The number of rotatable bonds is 3. The van der Waals surface area contributed by atoms with E-state index in [1.807, 2.05) is 4.90 Å². The first-order valence-electron chi connectivity index (χ1n) is 9.20. The molecule has 0 atom stereocenters. The van der Waals surface area contributed by atoms with Crippen LogP contribution in [0, 0.1) is 5.82 Å². The summed E-state index contributed by atoms with van der Waals surface area (Å²) in [4.78, 5) is 14.4. The van der Waals surface area contributed by atoms with E-state index in [-0.39, 0.29) is 11.7 Å². The van der Waals surface area contributed by atoms with Gasteiger partial charge in [-0.15, -0.1) is 0 Å². The molecule has 4 nitrogen and oxygen atoms in total. The number of hydrogen-bond acceptors (Lipinski definition) is 3. The fraction of sp³-hybridized carbons (Fsp3) is 0.500. The molecule has 132 valence electrons. The molecule has 1 saturated heterocycles. The molecule has 5 heteroatoms. The summed E-state index contributed by atoms with van der Waals surface area (Å²) < 4.78 is 18.6. The zero-order valence-electron chi connectivity index (χ0n) is 14.3. The molecule has 2 aromatic rings. The van der Waals surface area contributed by atoms with Crippen LogP contribution in [0.15, 0.2) is 28.8 Å². The van der Waals surface area contributed by atoms with Gasteiger partial charge in [0.2, 0.25) is 5.91 Å². The Morgan fingerprint density at radius 3 is 2.64 bits per heavy atom. The van der Waals surface area contributed by atoms with Crippen molar-refractivity contribution in [2.75, 3.05) is 13.1 Å². The van der Waals surface area contributed by atoms with Crippen LogP contribution in [-0.4, -0.2) is 29.1 Å². The number of aryl methyl sites for hydroxylation is 1. The highest BCUT2D eigenvalue weighted by Crippen LogP contribution is 2.34. The molecule has 0 radical (unpaired) electrons. The minimum Gasteiger partial charge on any atom is -0.361 e. The van der Waals surface area contributed by atoms with E-state index in [9.17, 15) is 9.18 Å². The minimum absolute atomic E-state index is 0.115. The van der Waals surface area contributed by atoms with Crippen molar-refractivity contribution in [3.63, 3.8) is 0 Å². The molecule has 0 unspecified atom stereocenters. The Bertz CT molecular complexity index is 746. The van der Waals surface area contributed by atoms with Gasteiger partial charge in [0, 0.05) is 24.6 Å². The Labute approximate surface area is 147 Å². The highest BCUT2D eigenvalue weighted by Gasteiger charge is 2.30. The molecular formula is C20H23FN2O2. The normalized spacial score (nSPS) is 18.2. The molecular weight excluding hydrogens is 319 g/mol. The van der Waals surface area contributed by atoms with Gasteiger partial charge in [0.05, 0.1) is 12.1 Å². The number of halogens is 1. The summed E-state index contributed by atoms with van der Waals surface area (Å²) in [5.74, 6) is 1.29. The van der Waals surface area contributed by atoms with Crippen LogP contribution in [0.25, 0.3) is 0 Å². The third kappa shape index (κ3) is 3.46. The minimum atomic E-state index is -0.271. The summed E-state index contributed by atoms with van der Waals surface area (Å²) in [5.41, 5.74) is 3.34. The number of hydrogen-bond donors (Lipinski definition) is 0. The van der Waals surface area contributed by atoms with Gasteiger partial charge in [-0.1, -0.05) is 17.3 Å². The lowest BCUT2D eigenvalue weighted by Crippen LogP contribution is -2.38. The second-order valence-corrected chi connectivity index (χ2v) is 7.14. The molecule has 1 fully saturated rings. The van der Waals surface area contributed by atoms with E-state index in [4.69, 9.17) is 4.52 Å². The van der Waals surface area contributed by atoms with Crippen LogP contribution in [-0.2, 0) is 24.1 Å². The molecule has 0 N–H and O–H groups in total. The van der Waals surface area contributed by atoms with Crippen LogP contribution in [0.2, 0.25) is 0 Å². The third-order valence-corrected chi connectivity index (χ3v) is 5.48. The molecule has 2 aliphatic rings. The molecule has 25 heavy (non-hydrogen) atoms. The lowest BCUT2D eigenvalue weighted by molar-refractivity contribution is -0.131. The maximum absolute atomic E-state index is 13.0. The summed E-state index contributed by atoms with van der Waals surface area (Å²) in [6, 6.07) is 6.17. The van der Waals surface area contributed by atoms with Crippen molar-refractivity contribution in [3.8, 4) is 0 Å². The first kappa shape index (κ1) is 16.3. The number of carbonyl (C=O) groups excluding carboxylic acids is 1. The molecule has 0 saturated carbocycles. The summed E-state index contributed by atoms with van der Waals surface area (Å²) in [6.45, 7) is 1.50. The summed E-state index contributed by atoms with van der Waals surface area (Å²) >= 11 is 0. The van der Waals surface area contributed by atoms with Crippen molar-refractivity contribution in [3.05, 3.63) is 52.7 Å². The number of amides is 1. The van der Waals surface area contributed by atoms with Gasteiger partial charge < -0.3 is 9.42 Å². The van der Waals surface area contributed by atoms with Gasteiger partial charge in [-0.25, -0.2) is 4.39 Å². The van der Waals surface area contributed by atoms with Crippen LogP contribution in [0.4, 0.5) is 4.39 Å². The number of piperidine rings is 1. The SMILES string of the molecule is O=C(Cc1ccc(F)cc1)N1CCC(c2onc3c2CCCC3)CC1. The van der Waals surface area contributed by atoms with E-state index < -0.39 is 0 Å². The van der Waals surface area contributed by atoms with E-state index in [0.29, 0.717) is 12.3 Å². The molecule has 1 aromatic carbocycles. The lowest BCUT2D eigenvalue weighted by atomic mass is 9.87. The van der Waals surface area contributed by atoms with E-state index in [1.165, 1.54) is 30.5 Å². The fourth-order valence-corrected chi connectivity index (χ4v) is 4.02. The van der Waals surface area contributed by atoms with Gasteiger partial charge in [0.25, 0.3) is 0 Å². The highest BCUT2D eigenvalue weighted by atomic mass is 19.1. The molecule has 1 aromatic heterocycles.